The first-order chi connectivity index (χ1) is 10.5. The molecule has 2 N–H and O–H groups in total. The van der Waals surface area contributed by atoms with E-state index in [4.69, 9.17) is 0 Å². The number of aromatic nitrogens is 4. The smallest absolute Gasteiger partial charge is 0.329 e. The highest BCUT2D eigenvalue weighted by Crippen LogP contribution is 2.09. The molecule has 2 aromatic rings. The minimum Gasteiger partial charge on any atom is -0.329 e. The van der Waals surface area contributed by atoms with Gasteiger partial charge in [0, 0.05) is 13.6 Å². The number of hydrogen-bond acceptors (Lipinski definition) is 3. The Bertz CT molecular complexity index is 750. The van der Waals surface area contributed by atoms with Crippen LogP contribution in [0, 0.1) is 0 Å². The lowest BCUT2D eigenvalue weighted by molar-refractivity contribution is -0.914. The monoisotopic (exact) mass is 308 g/mol. The summed E-state index contributed by atoms with van der Waals surface area (Å²) in [4.78, 5) is 32.3. The van der Waals surface area contributed by atoms with Crippen LogP contribution in [0.2, 0.25) is 0 Å². The standard InChI is InChI=1S/C15H25N5O2/c1-5-8-19(9-6-2)10-11-16-13-12(20(11)7-3)14(21)17-15(22)18(13)4/h5-10H2,1-4H3,(H,17,21,22)/p+1. The molecular weight excluding hydrogens is 282 g/mol. The van der Waals surface area contributed by atoms with Crippen molar-refractivity contribution in [1.29, 1.82) is 0 Å². The molecule has 0 aromatic carbocycles. The molecule has 0 radical (unpaired) electrons. The van der Waals surface area contributed by atoms with E-state index in [1.807, 2.05) is 11.5 Å². The molecule has 0 unspecified atom stereocenters. The molecule has 0 spiro atoms. The molecule has 0 aliphatic rings. The fraction of sp³-hybridized carbons (Fsp3) is 0.667. The summed E-state index contributed by atoms with van der Waals surface area (Å²) in [5.74, 6) is 0.876. The zero-order valence-electron chi connectivity index (χ0n) is 13.9. The third-order valence-corrected chi connectivity index (χ3v) is 4.02. The van der Waals surface area contributed by atoms with Gasteiger partial charge in [0.15, 0.2) is 17.0 Å². The molecule has 7 nitrogen and oxygen atoms in total. The molecular formula is C15H26N5O2+. The van der Waals surface area contributed by atoms with Crippen molar-refractivity contribution in [1.82, 2.24) is 19.1 Å². The van der Waals surface area contributed by atoms with E-state index >= 15 is 0 Å². The van der Waals surface area contributed by atoms with Crippen LogP contribution in [0.1, 0.15) is 39.4 Å². The van der Waals surface area contributed by atoms with E-state index in [9.17, 15) is 9.59 Å². The van der Waals surface area contributed by atoms with Gasteiger partial charge in [0.1, 0.15) is 6.54 Å². The first-order valence-electron chi connectivity index (χ1n) is 8.05. The fourth-order valence-corrected chi connectivity index (χ4v) is 2.99. The number of H-pyrrole nitrogens is 1. The van der Waals surface area contributed by atoms with Crippen LogP contribution in [0.3, 0.4) is 0 Å². The maximum atomic E-state index is 12.1. The van der Waals surface area contributed by atoms with Gasteiger partial charge in [0.25, 0.3) is 5.56 Å². The van der Waals surface area contributed by atoms with Crippen LogP contribution in [0.4, 0.5) is 0 Å². The molecule has 0 saturated heterocycles. The van der Waals surface area contributed by atoms with Gasteiger partial charge in [0.2, 0.25) is 0 Å². The molecule has 0 aliphatic carbocycles. The molecule has 0 amide bonds. The molecule has 22 heavy (non-hydrogen) atoms. The van der Waals surface area contributed by atoms with E-state index in [1.165, 1.54) is 9.47 Å². The average Bonchev–Trinajstić information content (AvgIpc) is 2.84. The summed E-state index contributed by atoms with van der Waals surface area (Å²) in [5.41, 5.74) is 0.187. The molecule has 0 saturated carbocycles. The Hall–Kier alpha value is -1.89. The molecule has 2 heterocycles. The average molecular weight is 308 g/mol. The van der Waals surface area contributed by atoms with Gasteiger partial charge in [-0.15, -0.1) is 0 Å². The van der Waals surface area contributed by atoms with Crippen LogP contribution in [0.15, 0.2) is 9.59 Å². The minimum atomic E-state index is -0.420. The number of quaternary nitrogens is 1. The van der Waals surface area contributed by atoms with Gasteiger partial charge in [-0.2, -0.15) is 0 Å². The van der Waals surface area contributed by atoms with Crippen molar-refractivity contribution in [2.75, 3.05) is 13.1 Å². The van der Waals surface area contributed by atoms with Crippen molar-refractivity contribution in [2.24, 2.45) is 7.05 Å². The lowest BCUT2D eigenvalue weighted by Gasteiger charge is -2.18. The number of aromatic amines is 1. The number of rotatable bonds is 7. The van der Waals surface area contributed by atoms with Gasteiger partial charge in [0.05, 0.1) is 13.1 Å². The topological polar surface area (TPSA) is 77.1 Å². The molecule has 2 rings (SSSR count). The van der Waals surface area contributed by atoms with Crippen LogP contribution >= 0.6 is 0 Å². The van der Waals surface area contributed by atoms with Crippen LogP contribution in [0.5, 0.6) is 0 Å². The molecule has 0 bridgehead atoms. The highest BCUT2D eigenvalue weighted by molar-refractivity contribution is 5.70. The second kappa shape index (κ2) is 6.91. The fourth-order valence-electron chi connectivity index (χ4n) is 2.99. The zero-order chi connectivity index (χ0) is 16.3. The molecule has 0 aliphatic heterocycles. The number of nitrogens with zero attached hydrogens (tertiary/aromatic N) is 3. The summed E-state index contributed by atoms with van der Waals surface area (Å²) in [7, 11) is 1.64. The third-order valence-electron chi connectivity index (χ3n) is 4.02. The molecule has 0 atom stereocenters. The molecule has 0 fully saturated rings. The van der Waals surface area contributed by atoms with E-state index in [0.29, 0.717) is 17.7 Å². The van der Waals surface area contributed by atoms with Gasteiger partial charge < -0.3 is 9.47 Å². The number of hydrogen-bond donors (Lipinski definition) is 2. The van der Waals surface area contributed by atoms with Crippen molar-refractivity contribution in [3.05, 3.63) is 26.7 Å². The summed E-state index contributed by atoms with van der Waals surface area (Å²) >= 11 is 0. The van der Waals surface area contributed by atoms with Crippen molar-refractivity contribution < 1.29 is 4.90 Å². The minimum absolute atomic E-state index is 0.355. The first-order valence-corrected chi connectivity index (χ1v) is 8.05. The SMILES string of the molecule is CCC[NH+](CCC)Cc1nc2c(c(=O)[nH]c(=O)n2C)n1CC. The maximum Gasteiger partial charge on any atom is 0.329 e. The Morgan fingerprint density at radius 2 is 1.77 bits per heavy atom. The largest absolute Gasteiger partial charge is 0.329 e. The Balaban J connectivity index is 2.54. The summed E-state index contributed by atoms with van der Waals surface area (Å²) in [5, 5.41) is 0. The van der Waals surface area contributed by atoms with Gasteiger partial charge in [-0.05, 0) is 19.8 Å². The van der Waals surface area contributed by atoms with E-state index in [-0.39, 0.29) is 5.56 Å². The van der Waals surface area contributed by atoms with Gasteiger partial charge >= 0.3 is 5.69 Å². The Morgan fingerprint density at radius 3 is 2.32 bits per heavy atom. The number of nitrogens with one attached hydrogen (secondary N) is 2. The lowest BCUT2D eigenvalue weighted by Crippen LogP contribution is -3.10. The second-order valence-electron chi connectivity index (χ2n) is 5.69. The summed E-state index contributed by atoms with van der Waals surface area (Å²) in [6.07, 6.45) is 2.22. The first kappa shape index (κ1) is 16.5. The number of aryl methyl sites for hydroxylation is 2. The van der Waals surface area contributed by atoms with E-state index in [0.717, 1.165) is 38.3 Å². The van der Waals surface area contributed by atoms with E-state index < -0.39 is 5.69 Å². The molecule has 7 heteroatoms. The van der Waals surface area contributed by atoms with E-state index in [2.05, 4.69) is 23.8 Å². The van der Waals surface area contributed by atoms with Crippen LogP contribution in [0.25, 0.3) is 11.2 Å². The summed E-state index contributed by atoms with van der Waals surface area (Å²) < 4.78 is 3.34. The Morgan fingerprint density at radius 1 is 1.14 bits per heavy atom. The highest BCUT2D eigenvalue weighted by atomic mass is 16.2. The van der Waals surface area contributed by atoms with Crippen molar-refractivity contribution in [3.8, 4) is 0 Å². The summed E-state index contributed by atoms with van der Waals surface area (Å²) in [6, 6.07) is 0. The van der Waals surface area contributed by atoms with Gasteiger partial charge in [-0.3, -0.25) is 14.3 Å². The third kappa shape index (κ3) is 2.99. The maximum absolute atomic E-state index is 12.1. The van der Waals surface area contributed by atoms with Gasteiger partial charge in [-0.1, -0.05) is 13.8 Å². The normalized spacial score (nSPS) is 11.7. The van der Waals surface area contributed by atoms with Crippen LogP contribution in [-0.2, 0) is 20.1 Å². The van der Waals surface area contributed by atoms with Crippen LogP contribution in [-0.4, -0.2) is 32.2 Å². The lowest BCUT2D eigenvalue weighted by atomic mass is 10.3. The summed E-state index contributed by atoms with van der Waals surface area (Å²) in [6.45, 7) is 9.94. The van der Waals surface area contributed by atoms with Crippen molar-refractivity contribution in [3.63, 3.8) is 0 Å². The highest BCUT2D eigenvalue weighted by Gasteiger charge is 2.19. The van der Waals surface area contributed by atoms with Crippen LogP contribution < -0.4 is 16.1 Å². The molecule has 2 aromatic heterocycles. The number of fused-ring (bicyclic) bond motifs is 1. The number of imidazole rings is 1. The quantitative estimate of drug-likeness (QED) is 0.734. The van der Waals surface area contributed by atoms with E-state index in [1.54, 1.807) is 7.05 Å². The second-order valence-corrected chi connectivity index (χ2v) is 5.69. The van der Waals surface area contributed by atoms with Gasteiger partial charge in [-0.25, -0.2) is 9.78 Å². The molecule has 122 valence electrons. The Kier molecular flexibility index (Phi) is 5.18. The Labute approximate surface area is 129 Å². The van der Waals surface area contributed by atoms with Crippen molar-refractivity contribution in [2.45, 2.75) is 46.7 Å². The predicted octanol–water partition coefficient (Wildman–Crippen LogP) is -0.352. The zero-order valence-corrected chi connectivity index (χ0v) is 13.9. The van der Waals surface area contributed by atoms with Crippen molar-refractivity contribution >= 4 is 11.2 Å². The predicted molar refractivity (Wildman–Crippen MR) is 86.3 cm³/mol.